The normalized spacial score (nSPS) is 29.9. The Morgan fingerprint density at radius 2 is 2.43 bits per heavy atom. The average molecular weight is 210 g/mol. The molecule has 3 rings (SSSR count). The van der Waals surface area contributed by atoms with Crippen LogP contribution in [0, 0.1) is 0 Å². The van der Waals surface area contributed by atoms with Gasteiger partial charge in [0.1, 0.15) is 0 Å². The zero-order chi connectivity index (χ0) is 9.54. The van der Waals surface area contributed by atoms with E-state index < -0.39 is 0 Å². The first kappa shape index (κ1) is 8.50. The highest BCUT2D eigenvalue weighted by Gasteiger charge is 2.37. The number of rotatable bonds is 1. The monoisotopic (exact) mass is 209 g/mol. The Morgan fingerprint density at radius 3 is 3.07 bits per heavy atom. The average Bonchev–Trinajstić information content (AvgIpc) is 2.78. The second kappa shape index (κ2) is 3.11. The fourth-order valence-electron chi connectivity index (χ4n) is 2.43. The Kier molecular flexibility index (Phi) is 1.89. The van der Waals surface area contributed by atoms with E-state index in [4.69, 9.17) is 11.6 Å². The highest BCUT2D eigenvalue weighted by Crippen LogP contribution is 2.29. The molecule has 3 heterocycles. The molecule has 0 radical (unpaired) electrons. The number of nitrogens with one attached hydrogen (secondary N) is 1. The molecule has 2 atom stereocenters. The summed E-state index contributed by atoms with van der Waals surface area (Å²) in [7, 11) is 0. The molecule has 0 saturated carbocycles. The van der Waals surface area contributed by atoms with Gasteiger partial charge in [0.15, 0.2) is 0 Å². The number of aromatic nitrogens is 1. The van der Waals surface area contributed by atoms with E-state index in [-0.39, 0.29) is 0 Å². The van der Waals surface area contributed by atoms with E-state index in [9.17, 15) is 0 Å². The van der Waals surface area contributed by atoms with Gasteiger partial charge in [-0.05, 0) is 12.5 Å². The molecule has 2 aliphatic heterocycles. The molecule has 2 aliphatic rings. The molecule has 14 heavy (non-hydrogen) atoms. The van der Waals surface area contributed by atoms with Crippen LogP contribution in [0.2, 0.25) is 5.02 Å². The van der Waals surface area contributed by atoms with Crippen molar-refractivity contribution in [2.45, 2.75) is 18.5 Å². The van der Waals surface area contributed by atoms with Gasteiger partial charge in [0.2, 0.25) is 0 Å². The molecule has 0 aliphatic carbocycles. The molecule has 2 fully saturated rings. The number of fused-ring (bicyclic) bond motifs is 2. The van der Waals surface area contributed by atoms with E-state index in [0.717, 1.165) is 23.8 Å². The van der Waals surface area contributed by atoms with Crippen molar-refractivity contribution in [1.82, 2.24) is 10.3 Å². The molecular formula is C10H12ClN3. The second-order valence-electron chi connectivity index (χ2n) is 4.01. The predicted octanol–water partition coefficient (Wildman–Crippen LogP) is 1.29. The predicted molar refractivity (Wildman–Crippen MR) is 56.8 cm³/mol. The van der Waals surface area contributed by atoms with Crippen LogP contribution in [0.25, 0.3) is 0 Å². The zero-order valence-electron chi connectivity index (χ0n) is 7.78. The Balaban J connectivity index is 1.89. The summed E-state index contributed by atoms with van der Waals surface area (Å²) < 4.78 is 0. The minimum absolute atomic E-state index is 0.639. The van der Waals surface area contributed by atoms with Crippen LogP contribution in [0.4, 0.5) is 5.69 Å². The van der Waals surface area contributed by atoms with Crippen LogP contribution in [-0.2, 0) is 0 Å². The molecule has 0 unspecified atom stereocenters. The van der Waals surface area contributed by atoms with Crippen LogP contribution < -0.4 is 10.2 Å². The SMILES string of the molecule is Clc1cncc(N2C[C@H]3C[C@@H]2CN3)c1. The third-order valence-corrected chi connectivity index (χ3v) is 3.29. The lowest BCUT2D eigenvalue weighted by Gasteiger charge is -2.29. The lowest BCUT2D eigenvalue weighted by atomic mass is 10.2. The zero-order valence-corrected chi connectivity index (χ0v) is 8.54. The molecule has 2 saturated heterocycles. The first-order chi connectivity index (χ1) is 6.83. The maximum absolute atomic E-state index is 5.92. The van der Waals surface area contributed by atoms with E-state index in [1.54, 1.807) is 6.20 Å². The van der Waals surface area contributed by atoms with Crippen LogP contribution in [0.15, 0.2) is 18.5 Å². The van der Waals surface area contributed by atoms with E-state index in [1.165, 1.54) is 6.42 Å². The van der Waals surface area contributed by atoms with Crippen LogP contribution in [0.5, 0.6) is 0 Å². The van der Waals surface area contributed by atoms with E-state index >= 15 is 0 Å². The molecule has 0 aromatic carbocycles. The van der Waals surface area contributed by atoms with E-state index in [1.807, 2.05) is 12.3 Å². The molecule has 74 valence electrons. The summed E-state index contributed by atoms with van der Waals surface area (Å²) >= 11 is 5.92. The molecule has 2 bridgehead atoms. The van der Waals surface area contributed by atoms with Crippen molar-refractivity contribution < 1.29 is 0 Å². The van der Waals surface area contributed by atoms with Gasteiger partial charge in [-0.1, -0.05) is 11.6 Å². The number of hydrogen-bond acceptors (Lipinski definition) is 3. The summed E-state index contributed by atoms with van der Waals surface area (Å²) in [6, 6.07) is 3.30. The molecule has 1 N–H and O–H groups in total. The van der Waals surface area contributed by atoms with Crippen LogP contribution >= 0.6 is 11.6 Å². The number of anilines is 1. The van der Waals surface area contributed by atoms with Crippen molar-refractivity contribution >= 4 is 17.3 Å². The first-order valence-electron chi connectivity index (χ1n) is 4.93. The van der Waals surface area contributed by atoms with Gasteiger partial charge >= 0.3 is 0 Å². The van der Waals surface area contributed by atoms with Gasteiger partial charge in [-0.25, -0.2) is 0 Å². The van der Waals surface area contributed by atoms with Crippen molar-refractivity contribution in [3.63, 3.8) is 0 Å². The van der Waals surface area contributed by atoms with Crippen molar-refractivity contribution in [3.05, 3.63) is 23.5 Å². The first-order valence-corrected chi connectivity index (χ1v) is 5.31. The third-order valence-electron chi connectivity index (χ3n) is 3.08. The molecule has 0 amide bonds. The summed E-state index contributed by atoms with van der Waals surface area (Å²) in [5.74, 6) is 0. The molecule has 0 spiro atoms. The molecule has 1 aromatic rings. The highest BCUT2D eigenvalue weighted by atomic mass is 35.5. The summed E-state index contributed by atoms with van der Waals surface area (Å²) in [5, 5.41) is 4.20. The van der Waals surface area contributed by atoms with Crippen LogP contribution in [-0.4, -0.2) is 30.2 Å². The summed E-state index contributed by atoms with van der Waals surface area (Å²) in [6.07, 6.45) is 4.83. The van der Waals surface area contributed by atoms with Crippen molar-refractivity contribution in [2.75, 3.05) is 18.0 Å². The smallest absolute Gasteiger partial charge is 0.0609 e. The highest BCUT2D eigenvalue weighted by molar-refractivity contribution is 6.30. The number of hydrogen-bond donors (Lipinski definition) is 1. The van der Waals surface area contributed by atoms with E-state index in [2.05, 4.69) is 15.2 Å². The van der Waals surface area contributed by atoms with Gasteiger partial charge in [0, 0.05) is 31.4 Å². The van der Waals surface area contributed by atoms with Gasteiger partial charge in [-0.2, -0.15) is 0 Å². The number of nitrogens with zero attached hydrogens (tertiary/aromatic N) is 2. The summed E-state index contributed by atoms with van der Waals surface area (Å²) in [4.78, 5) is 6.52. The van der Waals surface area contributed by atoms with Crippen molar-refractivity contribution in [2.24, 2.45) is 0 Å². The quantitative estimate of drug-likeness (QED) is 0.756. The van der Waals surface area contributed by atoms with Gasteiger partial charge in [0.25, 0.3) is 0 Å². The minimum Gasteiger partial charge on any atom is -0.364 e. The Labute approximate surface area is 88.1 Å². The van der Waals surface area contributed by atoms with Crippen LogP contribution in [0.1, 0.15) is 6.42 Å². The van der Waals surface area contributed by atoms with E-state index in [0.29, 0.717) is 12.1 Å². The molecule has 1 aromatic heterocycles. The number of piperazine rings is 1. The maximum atomic E-state index is 5.92. The maximum Gasteiger partial charge on any atom is 0.0609 e. The Hall–Kier alpha value is -0.800. The summed E-state index contributed by atoms with van der Waals surface area (Å²) in [6.45, 7) is 2.18. The minimum atomic E-state index is 0.639. The standard InChI is InChI=1S/C10H12ClN3/c11-7-1-9(4-12-3-7)14-6-8-2-10(14)5-13-8/h1,3-4,8,10,13H,2,5-6H2/t8-,10-/m1/s1. The Morgan fingerprint density at radius 1 is 1.50 bits per heavy atom. The van der Waals surface area contributed by atoms with Crippen molar-refractivity contribution in [1.29, 1.82) is 0 Å². The number of halogens is 1. The van der Waals surface area contributed by atoms with Gasteiger partial charge in [0.05, 0.1) is 16.9 Å². The second-order valence-corrected chi connectivity index (χ2v) is 4.44. The fourth-order valence-corrected chi connectivity index (χ4v) is 2.60. The Bertz CT molecular complexity index is 355. The van der Waals surface area contributed by atoms with Gasteiger partial charge in [-0.3, -0.25) is 4.98 Å². The number of pyridine rings is 1. The molecular weight excluding hydrogens is 198 g/mol. The lowest BCUT2D eigenvalue weighted by molar-refractivity contribution is 0.579. The fraction of sp³-hybridized carbons (Fsp3) is 0.500. The topological polar surface area (TPSA) is 28.2 Å². The summed E-state index contributed by atoms with van der Waals surface area (Å²) in [5.41, 5.74) is 1.16. The van der Waals surface area contributed by atoms with Gasteiger partial charge in [-0.15, -0.1) is 0 Å². The lowest BCUT2D eigenvalue weighted by Crippen LogP contribution is -2.43. The van der Waals surface area contributed by atoms with Crippen molar-refractivity contribution in [3.8, 4) is 0 Å². The molecule has 3 nitrogen and oxygen atoms in total. The van der Waals surface area contributed by atoms with Gasteiger partial charge < -0.3 is 10.2 Å². The van der Waals surface area contributed by atoms with Crippen LogP contribution in [0.3, 0.4) is 0 Å². The molecule has 4 heteroatoms. The third kappa shape index (κ3) is 1.28. The largest absolute Gasteiger partial charge is 0.364 e.